The van der Waals surface area contributed by atoms with Gasteiger partial charge in [-0.3, -0.25) is 0 Å². The summed E-state index contributed by atoms with van der Waals surface area (Å²) in [5, 5.41) is 3.52. The monoisotopic (exact) mass is 259 g/mol. The van der Waals surface area contributed by atoms with E-state index in [1.54, 1.807) is 13.3 Å². The lowest BCUT2D eigenvalue weighted by Crippen LogP contribution is -2.20. The standard InChI is InChI=1S/C15H21N3O/c1-12(13-5-7-14(19-2)8-6-13)16-9-3-4-15-17-10-11-18-15/h5-8,10-12,16H,3-4,9H2,1-2H3,(H,17,18). The van der Waals surface area contributed by atoms with E-state index in [4.69, 9.17) is 4.74 Å². The van der Waals surface area contributed by atoms with Crippen LogP contribution in [0.1, 0.15) is 30.8 Å². The van der Waals surface area contributed by atoms with Crippen LogP contribution in [0.4, 0.5) is 0 Å². The maximum atomic E-state index is 5.16. The Morgan fingerprint density at radius 1 is 1.32 bits per heavy atom. The number of aromatic amines is 1. The highest BCUT2D eigenvalue weighted by Gasteiger charge is 2.04. The van der Waals surface area contributed by atoms with Crippen molar-refractivity contribution in [2.75, 3.05) is 13.7 Å². The predicted molar refractivity (Wildman–Crippen MR) is 76.3 cm³/mol. The molecular weight excluding hydrogens is 238 g/mol. The Labute approximate surface area is 114 Å². The van der Waals surface area contributed by atoms with E-state index in [0.29, 0.717) is 6.04 Å². The number of rotatable bonds is 7. The summed E-state index contributed by atoms with van der Waals surface area (Å²) < 4.78 is 5.16. The van der Waals surface area contributed by atoms with E-state index in [2.05, 4.69) is 34.3 Å². The van der Waals surface area contributed by atoms with E-state index in [-0.39, 0.29) is 0 Å². The average molecular weight is 259 g/mol. The van der Waals surface area contributed by atoms with Gasteiger partial charge in [0.1, 0.15) is 11.6 Å². The molecule has 2 aromatic rings. The van der Waals surface area contributed by atoms with Crippen molar-refractivity contribution in [1.82, 2.24) is 15.3 Å². The number of aryl methyl sites for hydroxylation is 1. The fourth-order valence-corrected chi connectivity index (χ4v) is 2.02. The number of nitrogens with one attached hydrogen (secondary N) is 2. The maximum Gasteiger partial charge on any atom is 0.118 e. The van der Waals surface area contributed by atoms with Crippen molar-refractivity contribution in [3.8, 4) is 5.75 Å². The summed E-state index contributed by atoms with van der Waals surface area (Å²) in [6, 6.07) is 8.54. The number of ether oxygens (including phenoxy) is 1. The smallest absolute Gasteiger partial charge is 0.118 e. The van der Waals surface area contributed by atoms with Crippen LogP contribution >= 0.6 is 0 Å². The number of aromatic nitrogens is 2. The number of hydrogen-bond acceptors (Lipinski definition) is 3. The molecule has 102 valence electrons. The quantitative estimate of drug-likeness (QED) is 0.752. The lowest BCUT2D eigenvalue weighted by Gasteiger charge is -2.14. The van der Waals surface area contributed by atoms with Crippen molar-refractivity contribution in [3.63, 3.8) is 0 Å². The summed E-state index contributed by atoms with van der Waals surface area (Å²) in [4.78, 5) is 7.33. The third-order valence-electron chi connectivity index (χ3n) is 3.21. The van der Waals surface area contributed by atoms with Crippen LogP contribution in [0.5, 0.6) is 5.75 Å². The Kier molecular flexibility index (Phi) is 4.98. The molecule has 4 heteroatoms. The van der Waals surface area contributed by atoms with Gasteiger partial charge in [-0.25, -0.2) is 4.98 Å². The molecule has 0 aliphatic heterocycles. The SMILES string of the molecule is COc1ccc(C(C)NCCCc2ncc[nH]2)cc1. The third-order valence-corrected chi connectivity index (χ3v) is 3.21. The molecule has 0 saturated heterocycles. The minimum atomic E-state index is 0.350. The number of nitrogens with zero attached hydrogens (tertiary/aromatic N) is 1. The molecule has 1 aromatic carbocycles. The molecule has 19 heavy (non-hydrogen) atoms. The van der Waals surface area contributed by atoms with E-state index >= 15 is 0 Å². The van der Waals surface area contributed by atoms with Gasteiger partial charge in [-0.15, -0.1) is 0 Å². The van der Waals surface area contributed by atoms with Crippen molar-refractivity contribution < 1.29 is 4.74 Å². The second-order valence-electron chi connectivity index (χ2n) is 4.59. The van der Waals surface area contributed by atoms with Crippen LogP contribution in [0.3, 0.4) is 0 Å². The Bertz CT molecular complexity index is 465. The van der Waals surface area contributed by atoms with Crippen molar-refractivity contribution in [1.29, 1.82) is 0 Å². The minimum Gasteiger partial charge on any atom is -0.497 e. The zero-order valence-electron chi connectivity index (χ0n) is 11.5. The molecule has 0 spiro atoms. The molecule has 1 atom stereocenters. The van der Waals surface area contributed by atoms with Gasteiger partial charge in [0.05, 0.1) is 7.11 Å². The van der Waals surface area contributed by atoms with Crippen molar-refractivity contribution in [3.05, 3.63) is 48.0 Å². The van der Waals surface area contributed by atoms with Gasteiger partial charge >= 0.3 is 0 Å². The molecule has 0 aliphatic carbocycles. The number of imidazole rings is 1. The van der Waals surface area contributed by atoms with E-state index in [9.17, 15) is 0 Å². The molecule has 4 nitrogen and oxygen atoms in total. The molecule has 0 fully saturated rings. The number of H-pyrrole nitrogens is 1. The molecule has 1 aromatic heterocycles. The normalized spacial score (nSPS) is 12.3. The molecule has 0 amide bonds. The van der Waals surface area contributed by atoms with E-state index in [1.165, 1.54) is 5.56 Å². The van der Waals surface area contributed by atoms with Gasteiger partial charge in [0.25, 0.3) is 0 Å². The highest BCUT2D eigenvalue weighted by atomic mass is 16.5. The van der Waals surface area contributed by atoms with Gasteiger partial charge < -0.3 is 15.0 Å². The second-order valence-corrected chi connectivity index (χ2v) is 4.59. The third kappa shape index (κ3) is 4.10. The highest BCUT2D eigenvalue weighted by molar-refractivity contribution is 5.28. The zero-order chi connectivity index (χ0) is 13.5. The second kappa shape index (κ2) is 6.95. The number of methoxy groups -OCH3 is 1. The Balaban J connectivity index is 1.72. The Hall–Kier alpha value is -1.81. The summed E-state index contributed by atoms with van der Waals surface area (Å²) >= 11 is 0. The Morgan fingerprint density at radius 2 is 2.11 bits per heavy atom. The Morgan fingerprint density at radius 3 is 2.74 bits per heavy atom. The molecular formula is C15H21N3O. The first-order valence-electron chi connectivity index (χ1n) is 6.65. The van der Waals surface area contributed by atoms with Crippen LogP contribution in [-0.2, 0) is 6.42 Å². The summed E-state index contributed by atoms with van der Waals surface area (Å²) in [6.07, 6.45) is 5.72. The largest absolute Gasteiger partial charge is 0.497 e. The summed E-state index contributed by atoms with van der Waals surface area (Å²) in [6.45, 7) is 3.16. The maximum absolute atomic E-state index is 5.16. The van der Waals surface area contributed by atoms with Crippen molar-refractivity contribution >= 4 is 0 Å². The van der Waals surface area contributed by atoms with Crippen LogP contribution in [0.2, 0.25) is 0 Å². The van der Waals surface area contributed by atoms with E-state index < -0.39 is 0 Å². The zero-order valence-corrected chi connectivity index (χ0v) is 11.5. The molecule has 2 N–H and O–H groups in total. The van der Waals surface area contributed by atoms with Crippen LogP contribution < -0.4 is 10.1 Å². The van der Waals surface area contributed by atoms with Crippen LogP contribution in [0.25, 0.3) is 0 Å². The van der Waals surface area contributed by atoms with E-state index in [1.807, 2.05) is 18.3 Å². The minimum absolute atomic E-state index is 0.350. The molecule has 0 radical (unpaired) electrons. The van der Waals surface area contributed by atoms with Crippen LogP contribution in [0.15, 0.2) is 36.7 Å². The fourth-order valence-electron chi connectivity index (χ4n) is 2.02. The lowest BCUT2D eigenvalue weighted by molar-refractivity contribution is 0.414. The number of benzene rings is 1. The first-order valence-corrected chi connectivity index (χ1v) is 6.65. The molecule has 1 unspecified atom stereocenters. The van der Waals surface area contributed by atoms with Crippen LogP contribution in [0, 0.1) is 0 Å². The molecule has 0 saturated carbocycles. The van der Waals surface area contributed by atoms with Gasteiger partial charge in [-0.05, 0) is 37.6 Å². The van der Waals surface area contributed by atoms with Crippen molar-refractivity contribution in [2.45, 2.75) is 25.8 Å². The van der Waals surface area contributed by atoms with Crippen LogP contribution in [-0.4, -0.2) is 23.6 Å². The fraction of sp³-hybridized carbons (Fsp3) is 0.400. The summed E-state index contributed by atoms with van der Waals surface area (Å²) in [5.41, 5.74) is 1.28. The highest BCUT2D eigenvalue weighted by Crippen LogP contribution is 2.17. The first-order chi connectivity index (χ1) is 9.29. The lowest BCUT2D eigenvalue weighted by atomic mass is 10.1. The summed E-state index contributed by atoms with van der Waals surface area (Å²) in [7, 11) is 1.69. The van der Waals surface area contributed by atoms with Gasteiger partial charge in [-0.2, -0.15) is 0 Å². The molecule has 1 heterocycles. The molecule has 0 bridgehead atoms. The van der Waals surface area contributed by atoms with Crippen molar-refractivity contribution in [2.24, 2.45) is 0 Å². The van der Waals surface area contributed by atoms with Gasteiger partial charge in [0, 0.05) is 24.9 Å². The number of hydrogen-bond donors (Lipinski definition) is 2. The van der Waals surface area contributed by atoms with E-state index in [0.717, 1.165) is 31.0 Å². The van der Waals surface area contributed by atoms with Gasteiger partial charge in [0.15, 0.2) is 0 Å². The summed E-state index contributed by atoms with van der Waals surface area (Å²) in [5.74, 6) is 1.95. The topological polar surface area (TPSA) is 49.9 Å². The molecule has 2 rings (SSSR count). The van der Waals surface area contributed by atoms with Gasteiger partial charge in [0.2, 0.25) is 0 Å². The first kappa shape index (κ1) is 13.6. The average Bonchev–Trinajstić information content (AvgIpc) is 2.96. The predicted octanol–water partition coefficient (Wildman–Crippen LogP) is 2.70. The molecule has 0 aliphatic rings. The van der Waals surface area contributed by atoms with Gasteiger partial charge in [-0.1, -0.05) is 12.1 Å².